The van der Waals surface area contributed by atoms with Crippen LogP contribution in [0.15, 0.2) is 60.7 Å². The maximum atomic E-state index is 12.6. The fourth-order valence-electron chi connectivity index (χ4n) is 4.71. The molecule has 3 aromatic rings. The van der Waals surface area contributed by atoms with Gasteiger partial charge in [-0.25, -0.2) is 4.79 Å². The van der Waals surface area contributed by atoms with Gasteiger partial charge in [0.1, 0.15) is 0 Å². The van der Waals surface area contributed by atoms with Gasteiger partial charge in [0.2, 0.25) is 0 Å². The largest absolute Gasteiger partial charge is 0.504 e. The quantitative estimate of drug-likeness (QED) is 0.251. The summed E-state index contributed by atoms with van der Waals surface area (Å²) >= 11 is 0. The summed E-state index contributed by atoms with van der Waals surface area (Å²) in [4.78, 5) is 12.6. The van der Waals surface area contributed by atoms with E-state index in [9.17, 15) is 20.1 Å². The lowest BCUT2D eigenvalue weighted by Gasteiger charge is -2.23. The average molecular weight is 537 g/mol. The van der Waals surface area contributed by atoms with Crippen LogP contribution < -0.4 is 14.2 Å². The molecule has 0 amide bonds. The van der Waals surface area contributed by atoms with E-state index < -0.39 is 12.1 Å². The Kier molecular flexibility index (Phi) is 8.83. The van der Waals surface area contributed by atoms with Crippen LogP contribution in [0.1, 0.15) is 22.8 Å². The number of benzene rings is 3. The highest BCUT2D eigenvalue weighted by atomic mass is 16.5. The highest BCUT2D eigenvalue weighted by Gasteiger charge is 2.39. The number of carbonyl (C=O) groups is 1. The Morgan fingerprint density at radius 2 is 1.49 bits per heavy atom. The van der Waals surface area contributed by atoms with Crippen molar-refractivity contribution in [2.75, 3.05) is 34.5 Å². The minimum absolute atomic E-state index is 0.00709. The molecular weight excluding hydrogens is 504 g/mol. The molecule has 1 fully saturated rings. The first-order valence-corrected chi connectivity index (χ1v) is 12.4. The monoisotopic (exact) mass is 536 g/mol. The minimum Gasteiger partial charge on any atom is -0.504 e. The van der Waals surface area contributed by atoms with Crippen molar-refractivity contribution in [3.8, 4) is 34.5 Å². The number of hydrogen-bond donors (Lipinski definition) is 3. The predicted octanol–water partition coefficient (Wildman–Crippen LogP) is 4.63. The first-order valence-electron chi connectivity index (χ1n) is 12.4. The normalized spacial score (nSPS) is 18.7. The second kappa shape index (κ2) is 12.4. The van der Waals surface area contributed by atoms with Gasteiger partial charge in [0, 0.05) is 12.0 Å². The zero-order chi connectivity index (χ0) is 27.9. The molecule has 0 saturated carbocycles. The average Bonchev–Trinajstić information content (AvgIpc) is 3.34. The second-order valence-corrected chi connectivity index (χ2v) is 9.21. The molecule has 0 aliphatic carbocycles. The number of phenols is 3. The van der Waals surface area contributed by atoms with Gasteiger partial charge in [-0.2, -0.15) is 0 Å². The third kappa shape index (κ3) is 6.56. The predicted molar refractivity (Wildman–Crippen MR) is 143 cm³/mol. The standard InChI is InChI=1S/C30H32O9/c1-35-26-13-18(4-8-23(26)31)6-11-29(34)38-17-22-21(12-19-5-9-24(32)27(14-19)36-2)16-39-30(22)20-7-10-25(33)28(15-20)37-3/h4-11,13-15,21-22,30-33H,12,16-17H2,1-3H3/b11-6+/t21-,22-,30+/m1/s1. The molecule has 9 nitrogen and oxygen atoms in total. The second-order valence-electron chi connectivity index (χ2n) is 9.21. The lowest BCUT2D eigenvalue weighted by molar-refractivity contribution is -0.139. The van der Waals surface area contributed by atoms with E-state index in [1.807, 2.05) is 6.07 Å². The van der Waals surface area contributed by atoms with E-state index in [0.29, 0.717) is 35.8 Å². The van der Waals surface area contributed by atoms with E-state index in [-0.39, 0.29) is 35.7 Å². The summed E-state index contributed by atoms with van der Waals surface area (Å²) in [5.74, 6) is 0.346. The molecule has 0 spiro atoms. The summed E-state index contributed by atoms with van der Waals surface area (Å²) in [6, 6.07) is 15.0. The summed E-state index contributed by atoms with van der Waals surface area (Å²) in [6.07, 6.45) is 3.10. The maximum absolute atomic E-state index is 12.6. The molecule has 206 valence electrons. The van der Waals surface area contributed by atoms with E-state index in [4.69, 9.17) is 23.7 Å². The molecule has 0 bridgehead atoms. The van der Waals surface area contributed by atoms with Crippen LogP contribution in [0, 0.1) is 11.8 Å². The fourth-order valence-corrected chi connectivity index (χ4v) is 4.71. The molecule has 1 aliphatic rings. The smallest absolute Gasteiger partial charge is 0.330 e. The number of phenolic OH excluding ortho intramolecular Hbond substituents is 3. The van der Waals surface area contributed by atoms with Gasteiger partial charge in [0.15, 0.2) is 34.5 Å². The van der Waals surface area contributed by atoms with Crippen molar-refractivity contribution in [1.29, 1.82) is 0 Å². The zero-order valence-electron chi connectivity index (χ0n) is 22.0. The molecule has 4 rings (SSSR count). The van der Waals surface area contributed by atoms with Gasteiger partial charge >= 0.3 is 5.97 Å². The van der Waals surface area contributed by atoms with Gasteiger partial charge in [-0.1, -0.05) is 18.2 Å². The Balaban J connectivity index is 1.52. The van der Waals surface area contributed by atoms with Gasteiger partial charge in [-0.3, -0.25) is 0 Å². The van der Waals surface area contributed by atoms with Crippen LogP contribution in [0.4, 0.5) is 0 Å². The zero-order valence-corrected chi connectivity index (χ0v) is 22.0. The molecule has 0 radical (unpaired) electrons. The van der Waals surface area contributed by atoms with E-state index >= 15 is 0 Å². The third-order valence-corrected chi connectivity index (χ3v) is 6.79. The molecule has 3 atom stereocenters. The number of aromatic hydroxyl groups is 3. The molecule has 9 heteroatoms. The molecule has 3 aromatic carbocycles. The van der Waals surface area contributed by atoms with Gasteiger partial charge < -0.3 is 39.0 Å². The summed E-state index contributed by atoms with van der Waals surface area (Å²) in [7, 11) is 4.42. The number of hydrogen-bond acceptors (Lipinski definition) is 9. The van der Waals surface area contributed by atoms with E-state index in [0.717, 1.165) is 11.1 Å². The molecular formula is C30H32O9. The highest BCUT2D eigenvalue weighted by molar-refractivity contribution is 5.87. The molecule has 1 heterocycles. The topological polar surface area (TPSA) is 124 Å². The van der Waals surface area contributed by atoms with Gasteiger partial charge in [0.05, 0.1) is 40.6 Å². The van der Waals surface area contributed by atoms with E-state index in [1.54, 1.807) is 48.5 Å². The molecule has 1 aliphatic heterocycles. The van der Waals surface area contributed by atoms with Crippen LogP contribution in [-0.4, -0.2) is 55.8 Å². The van der Waals surface area contributed by atoms with Crippen LogP contribution in [0.3, 0.4) is 0 Å². The number of carbonyl (C=O) groups excluding carboxylic acids is 1. The lowest BCUT2D eigenvalue weighted by atomic mass is 9.84. The van der Waals surface area contributed by atoms with Crippen molar-refractivity contribution < 1.29 is 43.8 Å². The Morgan fingerprint density at radius 3 is 2.18 bits per heavy atom. The first-order chi connectivity index (χ1) is 18.8. The van der Waals surface area contributed by atoms with Gasteiger partial charge in [-0.05, 0) is 71.5 Å². The van der Waals surface area contributed by atoms with Crippen LogP contribution in [-0.2, 0) is 20.7 Å². The third-order valence-electron chi connectivity index (χ3n) is 6.79. The summed E-state index contributed by atoms with van der Waals surface area (Å²) in [5.41, 5.74) is 2.40. The number of ether oxygens (including phenoxy) is 5. The Morgan fingerprint density at radius 1 is 0.872 bits per heavy atom. The van der Waals surface area contributed by atoms with Gasteiger partial charge in [0.25, 0.3) is 0 Å². The number of methoxy groups -OCH3 is 3. The van der Waals surface area contributed by atoms with Crippen LogP contribution in [0.2, 0.25) is 0 Å². The highest BCUT2D eigenvalue weighted by Crippen LogP contribution is 2.43. The van der Waals surface area contributed by atoms with Crippen LogP contribution in [0.5, 0.6) is 34.5 Å². The lowest BCUT2D eigenvalue weighted by Crippen LogP contribution is -2.24. The maximum Gasteiger partial charge on any atom is 0.330 e. The molecule has 1 saturated heterocycles. The Bertz CT molecular complexity index is 1330. The van der Waals surface area contributed by atoms with Crippen molar-refractivity contribution in [1.82, 2.24) is 0 Å². The Hall–Kier alpha value is -4.37. The molecule has 0 unspecified atom stereocenters. The van der Waals surface area contributed by atoms with E-state index in [1.165, 1.54) is 33.5 Å². The molecule has 3 N–H and O–H groups in total. The summed E-state index contributed by atoms with van der Waals surface area (Å²) in [6.45, 7) is 0.512. The SMILES string of the molecule is COc1cc(/C=C/C(=O)OC[C@@H]2[C@H](Cc3ccc(O)c(OC)c3)CO[C@H]2c2ccc(O)c(OC)c2)ccc1O. The van der Waals surface area contributed by atoms with Crippen molar-refractivity contribution in [2.24, 2.45) is 11.8 Å². The Labute approximate surface area is 226 Å². The number of esters is 1. The summed E-state index contributed by atoms with van der Waals surface area (Å²) < 4.78 is 27.5. The number of rotatable bonds is 10. The first kappa shape index (κ1) is 27.7. The van der Waals surface area contributed by atoms with Crippen LogP contribution >= 0.6 is 0 Å². The van der Waals surface area contributed by atoms with Crippen molar-refractivity contribution >= 4 is 12.0 Å². The van der Waals surface area contributed by atoms with Crippen molar-refractivity contribution in [3.05, 3.63) is 77.4 Å². The van der Waals surface area contributed by atoms with Gasteiger partial charge in [-0.15, -0.1) is 0 Å². The van der Waals surface area contributed by atoms with Crippen LogP contribution in [0.25, 0.3) is 6.08 Å². The fraction of sp³-hybridized carbons (Fsp3) is 0.300. The van der Waals surface area contributed by atoms with Crippen molar-refractivity contribution in [2.45, 2.75) is 12.5 Å². The molecule has 0 aromatic heterocycles. The molecule has 39 heavy (non-hydrogen) atoms. The summed E-state index contributed by atoms with van der Waals surface area (Å²) in [5, 5.41) is 29.8. The van der Waals surface area contributed by atoms with E-state index in [2.05, 4.69) is 0 Å². The minimum atomic E-state index is -0.527. The van der Waals surface area contributed by atoms with Crippen molar-refractivity contribution in [3.63, 3.8) is 0 Å².